The average molecular weight is 300 g/mol. The number of hydrogen-bond acceptors (Lipinski definition) is 4. The van der Waals surface area contributed by atoms with Gasteiger partial charge in [-0.25, -0.2) is 0 Å². The molecule has 0 amide bonds. The summed E-state index contributed by atoms with van der Waals surface area (Å²) >= 11 is 0. The van der Waals surface area contributed by atoms with Crippen LogP contribution in [-0.2, 0) is 9.47 Å². The molecule has 1 aliphatic rings. The lowest BCUT2D eigenvalue weighted by atomic mass is 10.3. The zero-order valence-electron chi connectivity index (χ0n) is 12.6. The zero-order valence-corrected chi connectivity index (χ0v) is 12.6. The van der Waals surface area contributed by atoms with E-state index in [1.165, 1.54) is 0 Å². The summed E-state index contributed by atoms with van der Waals surface area (Å²) in [5, 5.41) is 0. The van der Waals surface area contributed by atoms with Crippen LogP contribution in [0, 0.1) is 0 Å². The van der Waals surface area contributed by atoms with E-state index in [0.29, 0.717) is 13.2 Å². The second-order valence-corrected chi connectivity index (χ2v) is 5.13. The van der Waals surface area contributed by atoms with Crippen molar-refractivity contribution in [3.63, 3.8) is 0 Å². The SMILES string of the molecule is CC[C@H]1OC[C@H](COc2ccc(Oc3ccccc3)cc2)O1. The normalized spacial score (nSPS) is 20.8. The standard InChI is InChI=1S/C18H20O4/c1-2-18-20-13-17(22-18)12-19-14-8-10-16(11-9-14)21-15-6-4-3-5-7-15/h3-11,17-18H,2,12-13H2,1H3/t17-,18-/m0/s1. The fourth-order valence-corrected chi connectivity index (χ4v) is 2.23. The maximum atomic E-state index is 5.74. The van der Waals surface area contributed by atoms with Crippen molar-refractivity contribution in [1.82, 2.24) is 0 Å². The minimum Gasteiger partial charge on any atom is -0.491 e. The van der Waals surface area contributed by atoms with Gasteiger partial charge in [-0.15, -0.1) is 0 Å². The Morgan fingerprint density at radius 2 is 1.64 bits per heavy atom. The maximum Gasteiger partial charge on any atom is 0.158 e. The predicted molar refractivity (Wildman–Crippen MR) is 83.4 cm³/mol. The number of rotatable bonds is 6. The maximum absolute atomic E-state index is 5.74. The molecular formula is C18H20O4. The first-order chi connectivity index (χ1) is 10.8. The monoisotopic (exact) mass is 300 g/mol. The van der Waals surface area contributed by atoms with Gasteiger partial charge in [-0.05, 0) is 42.8 Å². The van der Waals surface area contributed by atoms with Gasteiger partial charge in [-0.1, -0.05) is 25.1 Å². The molecule has 2 atom stereocenters. The van der Waals surface area contributed by atoms with Crippen LogP contribution in [0.5, 0.6) is 17.2 Å². The molecule has 0 radical (unpaired) electrons. The van der Waals surface area contributed by atoms with Crippen LogP contribution in [0.2, 0.25) is 0 Å². The van der Waals surface area contributed by atoms with Crippen LogP contribution in [0.1, 0.15) is 13.3 Å². The van der Waals surface area contributed by atoms with Crippen LogP contribution < -0.4 is 9.47 Å². The molecule has 0 bridgehead atoms. The molecule has 116 valence electrons. The summed E-state index contributed by atoms with van der Waals surface area (Å²) in [6.45, 7) is 3.13. The summed E-state index contributed by atoms with van der Waals surface area (Å²) in [6.07, 6.45) is 0.780. The van der Waals surface area contributed by atoms with Crippen LogP contribution >= 0.6 is 0 Å². The highest BCUT2D eigenvalue weighted by Gasteiger charge is 2.24. The molecule has 1 heterocycles. The molecule has 4 heteroatoms. The van der Waals surface area contributed by atoms with E-state index in [2.05, 4.69) is 0 Å². The van der Waals surface area contributed by atoms with Crippen LogP contribution in [0.15, 0.2) is 54.6 Å². The van der Waals surface area contributed by atoms with Crippen molar-refractivity contribution in [2.45, 2.75) is 25.7 Å². The van der Waals surface area contributed by atoms with Crippen molar-refractivity contribution in [3.05, 3.63) is 54.6 Å². The molecule has 0 aromatic heterocycles. The zero-order chi connectivity index (χ0) is 15.2. The van der Waals surface area contributed by atoms with E-state index < -0.39 is 0 Å². The molecule has 22 heavy (non-hydrogen) atoms. The van der Waals surface area contributed by atoms with E-state index in [9.17, 15) is 0 Å². The van der Waals surface area contributed by atoms with Gasteiger partial charge < -0.3 is 18.9 Å². The third-order valence-corrected chi connectivity index (χ3v) is 3.38. The van der Waals surface area contributed by atoms with Crippen molar-refractivity contribution in [1.29, 1.82) is 0 Å². The predicted octanol–water partition coefficient (Wildman–Crippen LogP) is 4.01. The molecule has 2 aromatic rings. The molecule has 2 aromatic carbocycles. The molecule has 1 fully saturated rings. The third kappa shape index (κ3) is 4.00. The van der Waals surface area contributed by atoms with Crippen LogP contribution in [0.4, 0.5) is 0 Å². The summed E-state index contributed by atoms with van der Waals surface area (Å²) in [4.78, 5) is 0. The molecule has 0 aliphatic carbocycles. The Bertz CT molecular complexity index is 567. The molecule has 0 spiro atoms. The van der Waals surface area contributed by atoms with E-state index in [4.69, 9.17) is 18.9 Å². The van der Waals surface area contributed by atoms with Gasteiger partial charge in [0, 0.05) is 0 Å². The lowest BCUT2D eigenvalue weighted by Gasteiger charge is -2.12. The molecule has 0 N–H and O–H groups in total. The van der Waals surface area contributed by atoms with Crippen LogP contribution in [0.3, 0.4) is 0 Å². The average Bonchev–Trinajstić information content (AvgIpc) is 3.03. The Morgan fingerprint density at radius 3 is 2.32 bits per heavy atom. The number of hydrogen-bond donors (Lipinski definition) is 0. The van der Waals surface area contributed by atoms with Crippen LogP contribution in [-0.4, -0.2) is 25.6 Å². The molecular weight excluding hydrogens is 280 g/mol. The van der Waals surface area contributed by atoms with Gasteiger partial charge in [0.2, 0.25) is 0 Å². The molecule has 1 aliphatic heterocycles. The Kier molecular flexibility index (Phi) is 4.93. The largest absolute Gasteiger partial charge is 0.491 e. The topological polar surface area (TPSA) is 36.9 Å². The minimum atomic E-state index is -0.0877. The quantitative estimate of drug-likeness (QED) is 0.807. The molecule has 1 saturated heterocycles. The fraction of sp³-hybridized carbons (Fsp3) is 0.333. The Labute approximate surface area is 130 Å². The first-order valence-electron chi connectivity index (χ1n) is 7.56. The van der Waals surface area contributed by atoms with Crippen molar-refractivity contribution in [2.75, 3.05) is 13.2 Å². The summed E-state index contributed by atoms with van der Waals surface area (Å²) in [7, 11) is 0. The Morgan fingerprint density at radius 1 is 0.955 bits per heavy atom. The van der Waals surface area contributed by atoms with E-state index in [-0.39, 0.29) is 12.4 Å². The van der Waals surface area contributed by atoms with Crippen LogP contribution in [0.25, 0.3) is 0 Å². The summed E-state index contributed by atoms with van der Waals surface area (Å²) < 4.78 is 22.6. The second-order valence-electron chi connectivity index (χ2n) is 5.13. The third-order valence-electron chi connectivity index (χ3n) is 3.38. The lowest BCUT2D eigenvalue weighted by Crippen LogP contribution is -2.20. The highest BCUT2D eigenvalue weighted by atomic mass is 16.7. The Hall–Kier alpha value is -2.04. The number of ether oxygens (including phenoxy) is 4. The van der Waals surface area contributed by atoms with E-state index in [0.717, 1.165) is 23.7 Å². The minimum absolute atomic E-state index is 0.00481. The smallest absolute Gasteiger partial charge is 0.158 e. The van der Waals surface area contributed by atoms with Gasteiger partial charge >= 0.3 is 0 Å². The Balaban J connectivity index is 1.49. The molecule has 4 nitrogen and oxygen atoms in total. The van der Waals surface area contributed by atoms with Crippen molar-refractivity contribution >= 4 is 0 Å². The second kappa shape index (κ2) is 7.29. The number of para-hydroxylation sites is 1. The van der Waals surface area contributed by atoms with E-state index in [1.54, 1.807) is 0 Å². The van der Waals surface area contributed by atoms with Crippen molar-refractivity contribution < 1.29 is 18.9 Å². The van der Waals surface area contributed by atoms with Gasteiger partial charge in [0.15, 0.2) is 6.29 Å². The fourth-order valence-electron chi connectivity index (χ4n) is 2.23. The first kappa shape index (κ1) is 14.9. The summed E-state index contributed by atoms with van der Waals surface area (Å²) in [6, 6.07) is 17.3. The highest BCUT2D eigenvalue weighted by molar-refractivity contribution is 5.35. The highest BCUT2D eigenvalue weighted by Crippen LogP contribution is 2.24. The number of benzene rings is 2. The van der Waals surface area contributed by atoms with Gasteiger partial charge in [0.25, 0.3) is 0 Å². The summed E-state index contributed by atoms with van der Waals surface area (Å²) in [5.74, 6) is 2.40. The van der Waals surface area contributed by atoms with E-state index >= 15 is 0 Å². The lowest BCUT2D eigenvalue weighted by molar-refractivity contribution is -0.0642. The van der Waals surface area contributed by atoms with E-state index in [1.807, 2.05) is 61.5 Å². The first-order valence-corrected chi connectivity index (χ1v) is 7.56. The van der Waals surface area contributed by atoms with Crippen molar-refractivity contribution in [2.24, 2.45) is 0 Å². The molecule has 3 rings (SSSR count). The van der Waals surface area contributed by atoms with Gasteiger partial charge in [0.1, 0.15) is 30.0 Å². The van der Waals surface area contributed by atoms with Gasteiger partial charge in [-0.3, -0.25) is 0 Å². The summed E-state index contributed by atoms with van der Waals surface area (Å²) in [5.41, 5.74) is 0. The van der Waals surface area contributed by atoms with Gasteiger partial charge in [-0.2, -0.15) is 0 Å². The van der Waals surface area contributed by atoms with Crippen molar-refractivity contribution in [3.8, 4) is 17.2 Å². The molecule has 0 saturated carbocycles. The molecule has 0 unspecified atom stereocenters. The van der Waals surface area contributed by atoms with Gasteiger partial charge in [0.05, 0.1) is 6.61 Å².